The van der Waals surface area contributed by atoms with Crippen molar-refractivity contribution >= 4 is 16.5 Å². The summed E-state index contributed by atoms with van der Waals surface area (Å²) in [6.07, 6.45) is 9.76. The number of rotatable bonds is 5. The molecule has 0 saturated carbocycles. The van der Waals surface area contributed by atoms with Gasteiger partial charge in [0.2, 0.25) is 0 Å². The molecule has 0 fully saturated rings. The molecule has 2 nitrogen and oxygen atoms in total. The summed E-state index contributed by atoms with van der Waals surface area (Å²) in [6.45, 7) is 2.27. The number of hydrogen-bond donors (Lipinski definition) is 2. The van der Waals surface area contributed by atoms with Gasteiger partial charge < -0.3 is 11.5 Å². The summed E-state index contributed by atoms with van der Waals surface area (Å²) in [6, 6.07) is 24.9. The molecule has 0 aromatic heterocycles. The standard InChI is InChI=1S/C27H28N2/c1-19-9-5-8-14-24(19)25(18-26(28)21-11-3-2-4-12-21)27(29)23-16-15-20-10-6-7-13-22(20)17-23/h2-8,10-19,25,27H,9,28-29H2,1H3/b26-18-/t19?,25?,27-/m0/s1. The van der Waals surface area contributed by atoms with E-state index in [-0.39, 0.29) is 12.0 Å². The van der Waals surface area contributed by atoms with Gasteiger partial charge >= 0.3 is 0 Å². The Bertz CT molecular complexity index is 1080. The van der Waals surface area contributed by atoms with E-state index in [1.807, 2.05) is 30.3 Å². The molecular weight excluding hydrogens is 352 g/mol. The minimum absolute atomic E-state index is 0.0383. The molecule has 0 aliphatic heterocycles. The van der Waals surface area contributed by atoms with Crippen LogP contribution in [0.5, 0.6) is 0 Å². The van der Waals surface area contributed by atoms with Gasteiger partial charge in [-0.1, -0.05) is 104 Å². The van der Waals surface area contributed by atoms with Crippen molar-refractivity contribution in [3.05, 3.63) is 114 Å². The topological polar surface area (TPSA) is 52.0 Å². The van der Waals surface area contributed by atoms with Crippen LogP contribution in [-0.2, 0) is 0 Å². The average molecular weight is 381 g/mol. The first-order valence-corrected chi connectivity index (χ1v) is 10.3. The van der Waals surface area contributed by atoms with Crippen LogP contribution in [-0.4, -0.2) is 0 Å². The normalized spacial score (nSPS) is 19.0. The van der Waals surface area contributed by atoms with E-state index in [4.69, 9.17) is 11.5 Å². The predicted octanol–water partition coefficient (Wildman–Crippen LogP) is 5.98. The van der Waals surface area contributed by atoms with Crippen molar-refractivity contribution in [3.8, 4) is 0 Å². The molecule has 0 saturated heterocycles. The molecule has 1 aliphatic rings. The highest BCUT2D eigenvalue weighted by Crippen LogP contribution is 2.36. The van der Waals surface area contributed by atoms with Crippen molar-refractivity contribution in [2.24, 2.45) is 23.3 Å². The Hall–Kier alpha value is -3.10. The summed E-state index contributed by atoms with van der Waals surface area (Å²) in [5.74, 6) is 0.479. The van der Waals surface area contributed by atoms with Crippen molar-refractivity contribution in [1.82, 2.24) is 0 Å². The summed E-state index contributed by atoms with van der Waals surface area (Å²) in [4.78, 5) is 0. The maximum atomic E-state index is 6.88. The van der Waals surface area contributed by atoms with Gasteiger partial charge in [0.05, 0.1) is 0 Å². The van der Waals surface area contributed by atoms with Crippen LogP contribution >= 0.6 is 0 Å². The van der Waals surface area contributed by atoms with E-state index in [2.05, 4.69) is 73.7 Å². The van der Waals surface area contributed by atoms with E-state index in [1.54, 1.807) is 0 Å². The smallest absolute Gasteiger partial charge is 0.0397 e. The van der Waals surface area contributed by atoms with Gasteiger partial charge in [-0.25, -0.2) is 0 Å². The van der Waals surface area contributed by atoms with Gasteiger partial charge in [-0.3, -0.25) is 0 Å². The second-order valence-electron chi connectivity index (χ2n) is 7.88. The number of allylic oxidation sites excluding steroid dienone is 3. The van der Waals surface area contributed by atoms with Crippen molar-refractivity contribution in [2.75, 3.05) is 0 Å². The molecule has 2 unspecified atom stereocenters. The molecule has 0 heterocycles. The highest BCUT2D eigenvalue weighted by atomic mass is 14.7. The molecule has 2 heteroatoms. The van der Waals surface area contributed by atoms with Crippen LogP contribution in [0, 0.1) is 11.8 Å². The fourth-order valence-electron chi connectivity index (χ4n) is 4.15. The maximum Gasteiger partial charge on any atom is 0.0397 e. The molecule has 1 aliphatic carbocycles. The largest absolute Gasteiger partial charge is 0.398 e. The van der Waals surface area contributed by atoms with Gasteiger partial charge in [-0.15, -0.1) is 0 Å². The minimum Gasteiger partial charge on any atom is -0.398 e. The fourth-order valence-corrected chi connectivity index (χ4v) is 4.15. The zero-order valence-corrected chi connectivity index (χ0v) is 16.8. The first-order chi connectivity index (χ1) is 14.1. The first-order valence-electron chi connectivity index (χ1n) is 10.3. The van der Waals surface area contributed by atoms with Crippen LogP contribution in [0.1, 0.15) is 30.5 Å². The van der Waals surface area contributed by atoms with Gasteiger partial charge in [0.15, 0.2) is 0 Å². The lowest BCUT2D eigenvalue weighted by Gasteiger charge is -2.30. The molecule has 3 aromatic carbocycles. The lowest BCUT2D eigenvalue weighted by Crippen LogP contribution is -2.25. The lowest BCUT2D eigenvalue weighted by molar-refractivity contribution is 0.514. The highest BCUT2D eigenvalue weighted by molar-refractivity contribution is 5.83. The van der Waals surface area contributed by atoms with Crippen LogP contribution < -0.4 is 11.5 Å². The zero-order valence-electron chi connectivity index (χ0n) is 16.8. The van der Waals surface area contributed by atoms with E-state index in [9.17, 15) is 0 Å². The molecule has 3 atom stereocenters. The summed E-state index contributed by atoms with van der Waals surface area (Å²) in [5, 5.41) is 2.44. The van der Waals surface area contributed by atoms with Crippen molar-refractivity contribution in [2.45, 2.75) is 19.4 Å². The Morgan fingerprint density at radius 1 is 0.966 bits per heavy atom. The summed E-state index contributed by atoms with van der Waals surface area (Å²) >= 11 is 0. The van der Waals surface area contributed by atoms with E-state index >= 15 is 0 Å². The fraction of sp³-hybridized carbons (Fsp3) is 0.185. The molecular formula is C27H28N2. The van der Waals surface area contributed by atoms with Gasteiger partial charge in [0.1, 0.15) is 0 Å². The molecule has 0 spiro atoms. The minimum atomic E-state index is -0.165. The van der Waals surface area contributed by atoms with Crippen LogP contribution in [0.2, 0.25) is 0 Å². The second-order valence-corrected chi connectivity index (χ2v) is 7.88. The zero-order chi connectivity index (χ0) is 20.2. The summed E-state index contributed by atoms with van der Waals surface area (Å²) < 4.78 is 0. The molecule has 0 amide bonds. The summed E-state index contributed by atoms with van der Waals surface area (Å²) in [5.41, 5.74) is 17.7. The van der Waals surface area contributed by atoms with Crippen molar-refractivity contribution < 1.29 is 0 Å². The Kier molecular flexibility index (Phi) is 5.64. The second kappa shape index (κ2) is 8.50. The molecule has 4 N–H and O–H groups in total. The predicted molar refractivity (Wildman–Crippen MR) is 124 cm³/mol. The lowest BCUT2D eigenvalue weighted by atomic mass is 9.77. The number of benzene rings is 3. The third kappa shape index (κ3) is 4.18. The van der Waals surface area contributed by atoms with Crippen molar-refractivity contribution in [3.63, 3.8) is 0 Å². The first kappa shape index (κ1) is 19.2. The Morgan fingerprint density at radius 3 is 2.45 bits per heavy atom. The highest BCUT2D eigenvalue weighted by Gasteiger charge is 2.26. The third-order valence-corrected chi connectivity index (χ3v) is 5.88. The van der Waals surface area contributed by atoms with Gasteiger partial charge in [-0.2, -0.15) is 0 Å². The van der Waals surface area contributed by atoms with E-state index in [1.165, 1.54) is 16.3 Å². The molecule has 0 bridgehead atoms. The van der Waals surface area contributed by atoms with Gasteiger partial charge in [0, 0.05) is 17.7 Å². The third-order valence-electron chi connectivity index (χ3n) is 5.88. The van der Waals surface area contributed by atoms with E-state index in [0.717, 1.165) is 23.2 Å². The van der Waals surface area contributed by atoms with Crippen LogP contribution in [0.4, 0.5) is 0 Å². The van der Waals surface area contributed by atoms with Crippen LogP contribution in [0.15, 0.2) is 103 Å². The quantitative estimate of drug-likeness (QED) is 0.572. The molecule has 29 heavy (non-hydrogen) atoms. The van der Waals surface area contributed by atoms with Crippen LogP contribution in [0.25, 0.3) is 16.5 Å². The van der Waals surface area contributed by atoms with Crippen LogP contribution in [0.3, 0.4) is 0 Å². The average Bonchev–Trinajstić information content (AvgIpc) is 2.77. The molecule has 4 rings (SSSR count). The van der Waals surface area contributed by atoms with Crippen molar-refractivity contribution in [1.29, 1.82) is 0 Å². The molecule has 146 valence electrons. The monoisotopic (exact) mass is 380 g/mol. The number of nitrogens with two attached hydrogens (primary N) is 2. The maximum absolute atomic E-state index is 6.88. The SMILES string of the molecule is CC1CC=CC=C1C(/C=C(\N)c1ccccc1)[C@@H](N)c1ccc2ccccc2c1. The number of hydrogen-bond acceptors (Lipinski definition) is 2. The van der Waals surface area contributed by atoms with E-state index < -0.39 is 0 Å². The Morgan fingerprint density at radius 2 is 1.69 bits per heavy atom. The van der Waals surface area contributed by atoms with Gasteiger partial charge in [0.25, 0.3) is 0 Å². The Labute approximate surface area is 173 Å². The Balaban J connectivity index is 1.76. The molecule has 3 aromatic rings. The van der Waals surface area contributed by atoms with E-state index in [0.29, 0.717) is 5.92 Å². The number of fused-ring (bicyclic) bond motifs is 1. The summed E-state index contributed by atoms with van der Waals surface area (Å²) in [7, 11) is 0. The van der Waals surface area contributed by atoms with Gasteiger partial charge in [-0.05, 0) is 40.3 Å². The molecule has 0 radical (unpaired) electrons.